The molecule has 0 bridgehead atoms. The number of aliphatic hydroxyl groups is 1. The molecule has 0 amide bonds. The Hall–Kier alpha value is -1.65. The third-order valence-electron chi connectivity index (χ3n) is 3.69. The molecule has 1 aromatic carbocycles. The van der Waals surface area contributed by atoms with Gasteiger partial charge in [0.1, 0.15) is 5.60 Å². The van der Waals surface area contributed by atoms with Gasteiger partial charge in [-0.1, -0.05) is 24.3 Å². The molecular weight excluding hydrogens is 216 g/mol. The van der Waals surface area contributed by atoms with Crippen LogP contribution < -0.4 is 0 Å². The highest BCUT2D eigenvalue weighted by molar-refractivity contribution is 5.69. The van der Waals surface area contributed by atoms with E-state index in [1.54, 1.807) is 6.33 Å². The Labute approximate surface area is 98.5 Å². The van der Waals surface area contributed by atoms with Crippen molar-refractivity contribution in [2.45, 2.75) is 11.6 Å². The van der Waals surface area contributed by atoms with Crippen LogP contribution in [0.2, 0.25) is 0 Å². The molecule has 1 fully saturated rings. The molecule has 1 N–H and O–H groups in total. The average Bonchev–Trinajstić information content (AvgIpc) is 2.85. The first-order valence-corrected chi connectivity index (χ1v) is 5.71. The average molecular weight is 228 g/mol. The lowest BCUT2D eigenvalue weighted by Crippen LogP contribution is -2.55. The van der Waals surface area contributed by atoms with Gasteiger partial charge in [0.25, 0.3) is 0 Å². The van der Waals surface area contributed by atoms with Crippen molar-refractivity contribution in [3.05, 3.63) is 42.4 Å². The van der Waals surface area contributed by atoms with Crippen LogP contribution >= 0.6 is 0 Å². The summed E-state index contributed by atoms with van der Waals surface area (Å²) in [6.45, 7) is 0.785. The minimum Gasteiger partial charge on any atom is -0.382 e. The summed E-state index contributed by atoms with van der Waals surface area (Å²) < 4.78 is 7.22. The summed E-state index contributed by atoms with van der Waals surface area (Å²) in [5.41, 5.74) is 2.61. The van der Waals surface area contributed by atoms with Gasteiger partial charge in [-0.2, -0.15) is 0 Å². The molecule has 4 rings (SSSR count). The van der Waals surface area contributed by atoms with Gasteiger partial charge in [-0.3, -0.25) is 0 Å². The van der Waals surface area contributed by atoms with Gasteiger partial charge in [-0.15, -0.1) is 0 Å². The number of aromatic nitrogens is 2. The van der Waals surface area contributed by atoms with Crippen LogP contribution in [-0.4, -0.2) is 33.5 Å². The quantitative estimate of drug-likeness (QED) is 0.798. The lowest BCUT2D eigenvalue weighted by atomic mass is 9.87. The van der Waals surface area contributed by atoms with Crippen molar-refractivity contribution < 1.29 is 9.84 Å². The monoisotopic (exact) mass is 228 g/mol. The molecular formula is C13H12N2O2. The predicted molar refractivity (Wildman–Crippen MR) is 61.6 cm³/mol. The van der Waals surface area contributed by atoms with Gasteiger partial charge in [-0.25, -0.2) is 4.98 Å². The van der Waals surface area contributed by atoms with Crippen molar-refractivity contribution >= 4 is 0 Å². The molecule has 4 nitrogen and oxygen atoms in total. The molecule has 1 aromatic heterocycles. The van der Waals surface area contributed by atoms with Gasteiger partial charge >= 0.3 is 0 Å². The number of fused-ring (bicyclic) bond motifs is 3. The van der Waals surface area contributed by atoms with Crippen molar-refractivity contribution in [1.29, 1.82) is 0 Å². The smallest absolute Gasteiger partial charge is 0.136 e. The molecule has 2 aliphatic heterocycles. The topological polar surface area (TPSA) is 47.3 Å². The van der Waals surface area contributed by atoms with Crippen LogP contribution in [0.3, 0.4) is 0 Å². The molecule has 2 aliphatic rings. The van der Waals surface area contributed by atoms with Gasteiger partial charge in [0.05, 0.1) is 37.5 Å². The maximum absolute atomic E-state index is 10.5. The second kappa shape index (κ2) is 2.97. The van der Waals surface area contributed by atoms with Crippen molar-refractivity contribution in [3.8, 4) is 11.3 Å². The highest BCUT2D eigenvalue weighted by atomic mass is 16.5. The highest BCUT2D eigenvalue weighted by Crippen LogP contribution is 2.46. The predicted octanol–water partition coefficient (Wildman–Crippen LogP) is 1.21. The Kier molecular flexibility index (Phi) is 1.64. The number of imidazole rings is 1. The molecule has 1 atom stereocenters. The van der Waals surface area contributed by atoms with E-state index in [-0.39, 0.29) is 6.04 Å². The fourth-order valence-electron chi connectivity index (χ4n) is 2.85. The van der Waals surface area contributed by atoms with E-state index in [0.29, 0.717) is 13.2 Å². The zero-order valence-corrected chi connectivity index (χ0v) is 9.21. The van der Waals surface area contributed by atoms with Crippen LogP contribution in [0, 0.1) is 0 Å². The van der Waals surface area contributed by atoms with Crippen LogP contribution in [0.15, 0.2) is 36.8 Å². The largest absolute Gasteiger partial charge is 0.382 e. The first kappa shape index (κ1) is 9.39. The Morgan fingerprint density at radius 3 is 2.94 bits per heavy atom. The molecule has 1 saturated heterocycles. The van der Waals surface area contributed by atoms with Crippen LogP contribution in [0.1, 0.15) is 11.6 Å². The molecule has 86 valence electrons. The van der Waals surface area contributed by atoms with E-state index in [9.17, 15) is 5.11 Å². The van der Waals surface area contributed by atoms with E-state index < -0.39 is 5.60 Å². The van der Waals surface area contributed by atoms with E-state index >= 15 is 0 Å². The number of hydrogen-bond donors (Lipinski definition) is 1. The van der Waals surface area contributed by atoms with Gasteiger partial charge in [0.15, 0.2) is 0 Å². The third-order valence-corrected chi connectivity index (χ3v) is 3.69. The van der Waals surface area contributed by atoms with E-state index in [1.165, 1.54) is 0 Å². The first-order valence-electron chi connectivity index (χ1n) is 5.71. The number of hydrogen-bond acceptors (Lipinski definition) is 3. The van der Waals surface area contributed by atoms with E-state index in [4.69, 9.17) is 4.74 Å². The summed E-state index contributed by atoms with van der Waals surface area (Å²) in [6, 6.07) is 8.11. The maximum Gasteiger partial charge on any atom is 0.136 e. The maximum atomic E-state index is 10.5. The second-order valence-corrected chi connectivity index (χ2v) is 4.77. The lowest BCUT2D eigenvalue weighted by Gasteiger charge is -2.42. The van der Waals surface area contributed by atoms with E-state index in [0.717, 1.165) is 16.8 Å². The van der Waals surface area contributed by atoms with Gasteiger partial charge in [0, 0.05) is 5.56 Å². The standard InChI is InChI=1S/C13H12N2O2/c16-13(6-17-7-13)12-10-4-2-1-3-9(10)11-5-14-8-15(11)12/h1-5,8,12,16H,6-7H2/t12-/m0/s1. The summed E-state index contributed by atoms with van der Waals surface area (Å²) in [5.74, 6) is 0. The van der Waals surface area contributed by atoms with Gasteiger partial charge < -0.3 is 14.4 Å². The number of ether oxygens (including phenoxy) is 1. The molecule has 17 heavy (non-hydrogen) atoms. The summed E-state index contributed by atoms with van der Waals surface area (Å²) in [7, 11) is 0. The SMILES string of the molecule is OC1([C@@H]2c3ccccc3-c3cncn32)COC1. The zero-order chi connectivity index (χ0) is 11.5. The molecule has 0 unspecified atom stereocenters. The molecule has 0 spiro atoms. The fourth-order valence-corrected chi connectivity index (χ4v) is 2.85. The van der Waals surface area contributed by atoms with Crippen molar-refractivity contribution in [2.75, 3.05) is 13.2 Å². The van der Waals surface area contributed by atoms with Crippen molar-refractivity contribution in [2.24, 2.45) is 0 Å². The Morgan fingerprint density at radius 1 is 1.35 bits per heavy atom. The minimum atomic E-state index is -0.790. The van der Waals surface area contributed by atoms with E-state index in [2.05, 4.69) is 17.1 Å². The Morgan fingerprint density at radius 2 is 2.18 bits per heavy atom. The minimum absolute atomic E-state index is 0.0649. The molecule has 0 radical (unpaired) electrons. The fraction of sp³-hybridized carbons (Fsp3) is 0.308. The summed E-state index contributed by atoms with van der Waals surface area (Å²) in [4.78, 5) is 4.18. The summed E-state index contributed by atoms with van der Waals surface area (Å²) in [5, 5.41) is 10.5. The number of nitrogens with zero attached hydrogens (tertiary/aromatic N) is 2. The summed E-state index contributed by atoms with van der Waals surface area (Å²) in [6.07, 6.45) is 3.64. The van der Waals surface area contributed by atoms with Crippen LogP contribution in [0.4, 0.5) is 0 Å². The zero-order valence-electron chi connectivity index (χ0n) is 9.21. The second-order valence-electron chi connectivity index (χ2n) is 4.77. The van der Waals surface area contributed by atoms with Crippen LogP contribution in [0.25, 0.3) is 11.3 Å². The molecule has 2 aromatic rings. The highest BCUT2D eigenvalue weighted by Gasteiger charge is 2.49. The number of benzene rings is 1. The van der Waals surface area contributed by atoms with Crippen molar-refractivity contribution in [3.63, 3.8) is 0 Å². The van der Waals surface area contributed by atoms with Gasteiger partial charge in [0.2, 0.25) is 0 Å². The molecule has 0 aliphatic carbocycles. The van der Waals surface area contributed by atoms with Crippen LogP contribution in [-0.2, 0) is 4.74 Å². The lowest BCUT2D eigenvalue weighted by molar-refractivity contribution is -0.194. The Bertz CT molecular complexity index is 587. The third kappa shape index (κ3) is 1.06. The summed E-state index contributed by atoms with van der Waals surface area (Å²) >= 11 is 0. The first-order chi connectivity index (χ1) is 8.30. The van der Waals surface area contributed by atoms with Gasteiger partial charge in [-0.05, 0) is 5.56 Å². The molecule has 3 heterocycles. The Balaban J connectivity index is 1.96. The normalized spacial score (nSPS) is 23.9. The van der Waals surface area contributed by atoms with Crippen LogP contribution in [0.5, 0.6) is 0 Å². The van der Waals surface area contributed by atoms with E-state index in [1.807, 2.05) is 22.9 Å². The molecule has 4 heteroatoms. The molecule has 0 saturated carbocycles. The van der Waals surface area contributed by atoms with Crippen molar-refractivity contribution in [1.82, 2.24) is 9.55 Å². The number of rotatable bonds is 1.